The number of hydrogen-bond donors (Lipinski definition) is 0. The maximum Gasteiger partial charge on any atom is 0.393 e. The Balaban J connectivity index is 1.94. The van der Waals surface area contributed by atoms with Crippen LogP contribution in [0.2, 0.25) is 0 Å². The average Bonchev–Trinajstić information content (AvgIpc) is 2.63. The molecule has 0 spiro atoms. The van der Waals surface area contributed by atoms with Crippen molar-refractivity contribution in [1.82, 2.24) is 4.90 Å². The summed E-state index contributed by atoms with van der Waals surface area (Å²) in [7, 11) is 0. The molecule has 0 aliphatic carbocycles. The third-order valence-corrected chi connectivity index (χ3v) is 4.65. The van der Waals surface area contributed by atoms with Crippen LogP contribution in [0.4, 0.5) is 13.2 Å². The van der Waals surface area contributed by atoms with Crippen LogP contribution >= 0.6 is 27.3 Å². The highest BCUT2D eigenvalue weighted by Gasteiger charge is 2.41. The van der Waals surface area contributed by atoms with Crippen molar-refractivity contribution in [3.05, 3.63) is 20.8 Å². The lowest BCUT2D eigenvalue weighted by Crippen LogP contribution is -2.41. The second-order valence-electron chi connectivity index (χ2n) is 4.35. The van der Waals surface area contributed by atoms with Crippen molar-refractivity contribution < 1.29 is 13.2 Å². The minimum atomic E-state index is -4.05. The van der Waals surface area contributed by atoms with Crippen molar-refractivity contribution in [3.8, 4) is 0 Å². The lowest BCUT2D eigenvalue weighted by molar-refractivity contribution is -0.187. The molecule has 17 heavy (non-hydrogen) atoms. The van der Waals surface area contributed by atoms with Crippen LogP contribution in [-0.2, 0) is 6.54 Å². The zero-order valence-corrected chi connectivity index (χ0v) is 11.5. The molecular formula is C11H13BrF3NS. The Bertz CT molecular complexity index is 377. The van der Waals surface area contributed by atoms with Crippen LogP contribution in [0.5, 0.6) is 0 Å². The minimum Gasteiger partial charge on any atom is -0.298 e. The molecule has 1 fully saturated rings. The molecule has 2 heterocycles. The highest BCUT2D eigenvalue weighted by Crippen LogP contribution is 2.34. The predicted octanol–water partition coefficient (Wildman–Crippen LogP) is 4.28. The van der Waals surface area contributed by atoms with Crippen molar-refractivity contribution in [1.29, 1.82) is 0 Å². The standard InChI is InChI=1S/C11H13BrF3NS/c12-9-4-10(17-7-9)6-16-3-1-2-8(5-16)11(13,14)15/h4,7-8H,1-3,5-6H2. The van der Waals surface area contributed by atoms with Crippen molar-refractivity contribution in [2.24, 2.45) is 5.92 Å². The summed E-state index contributed by atoms with van der Waals surface area (Å²) in [5.41, 5.74) is 0. The van der Waals surface area contributed by atoms with E-state index >= 15 is 0 Å². The van der Waals surface area contributed by atoms with E-state index in [1.807, 2.05) is 16.3 Å². The average molecular weight is 328 g/mol. The van der Waals surface area contributed by atoms with E-state index < -0.39 is 12.1 Å². The van der Waals surface area contributed by atoms with Gasteiger partial charge < -0.3 is 0 Å². The van der Waals surface area contributed by atoms with Crippen LogP contribution < -0.4 is 0 Å². The van der Waals surface area contributed by atoms with Gasteiger partial charge in [-0.25, -0.2) is 0 Å². The summed E-state index contributed by atoms with van der Waals surface area (Å²) in [6, 6.07) is 1.97. The maximum atomic E-state index is 12.6. The van der Waals surface area contributed by atoms with E-state index in [1.165, 1.54) is 0 Å². The first kappa shape index (κ1) is 13.4. The van der Waals surface area contributed by atoms with Gasteiger partial charge in [-0.3, -0.25) is 4.90 Å². The molecule has 1 nitrogen and oxygen atoms in total. The second kappa shape index (κ2) is 5.28. The van der Waals surface area contributed by atoms with E-state index in [1.54, 1.807) is 11.3 Å². The number of thiophene rings is 1. The summed E-state index contributed by atoms with van der Waals surface area (Å²) in [6.07, 6.45) is -3.14. The van der Waals surface area contributed by atoms with Crippen molar-refractivity contribution >= 4 is 27.3 Å². The van der Waals surface area contributed by atoms with Gasteiger partial charge in [-0.15, -0.1) is 11.3 Å². The zero-order valence-electron chi connectivity index (χ0n) is 9.13. The Morgan fingerprint density at radius 3 is 2.82 bits per heavy atom. The Labute approximate surface area is 111 Å². The molecule has 0 saturated carbocycles. The third kappa shape index (κ3) is 3.69. The van der Waals surface area contributed by atoms with E-state index in [4.69, 9.17) is 0 Å². The molecule has 1 aromatic heterocycles. The van der Waals surface area contributed by atoms with Crippen LogP contribution in [-0.4, -0.2) is 24.2 Å². The van der Waals surface area contributed by atoms with Gasteiger partial charge in [-0.1, -0.05) is 0 Å². The van der Waals surface area contributed by atoms with Gasteiger partial charge in [0.05, 0.1) is 5.92 Å². The molecular weight excluding hydrogens is 315 g/mol. The summed E-state index contributed by atoms with van der Waals surface area (Å²) in [5.74, 6) is -1.15. The monoisotopic (exact) mass is 327 g/mol. The molecule has 1 aliphatic rings. The SMILES string of the molecule is FC(F)(F)C1CCCN(Cc2cc(Br)cs2)C1. The first-order valence-corrected chi connectivity index (χ1v) is 7.14. The fourth-order valence-corrected chi connectivity index (χ4v) is 3.62. The van der Waals surface area contributed by atoms with E-state index in [0.29, 0.717) is 13.0 Å². The molecule has 0 bridgehead atoms. The first-order valence-electron chi connectivity index (χ1n) is 5.47. The van der Waals surface area contributed by atoms with Gasteiger partial charge in [-0.05, 0) is 41.4 Å². The first-order chi connectivity index (χ1) is 7.95. The predicted molar refractivity (Wildman–Crippen MR) is 66.1 cm³/mol. The summed E-state index contributed by atoms with van der Waals surface area (Å²) < 4.78 is 38.9. The number of likely N-dealkylation sites (tertiary alicyclic amines) is 1. The molecule has 0 N–H and O–H groups in total. The molecule has 1 unspecified atom stereocenters. The molecule has 1 aromatic rings. The van der Waals surface area contributed by atoms with Gasteiger partial charge in [0.1, 0.15) is 0 Å². The van der Waals surface area contributed by atoms with Crippen LogP contribution in [0.3, 0.4) is 0 Å². The lowest BCUT2D eigenvalue weighted by Gasteiger charge is -2.33. The quantitative estimate of drug-likeness (QED) is 0.783. The van der Waals surface area contributed by atoms with E-state index in [2.05, 4.69) is 15.9 Å². The zero-order chi connectivity index (χ0) is 12.5. The van der Waals surface area contributed by atoms with E-state index in [9.17, 15) is 13.2 Å². The number of nitrogens with zero attached hydrogens (tertiary/aromatic N) is 1. The topological polar surface area (TPSA) is 3.24 Å². The molecule has 1 saturated heterocycles. The lowest BCUT2D eigenvalue weighted by atomic mass is 9.97. The van der Waals surface area contributed by atoms with Crippen molar-refractivity contribution in [2.45, 2.75) is 25.6 Å². The summed E-state index contributed by atoms with van der Waals surface area (Å²) in [5, 5.41) is 1.96. The number of halogens is 4. The van der Waals surface area contributed by atoms with Gasteiger partial charge in [0.2, 0.25) is 0 Å². The van der Waals surface area contributed by atoms with Gasteiger partial charge in [-0.2, -0.15) is 13.2 Å². The number of rotatable bonds is 2. The fraction of sp³-hybridized carbons (Fsp3) is 0.636. The molecule has 96 valence electrons. The smallest absolute Gasteiger partial charge is 0.298 e. The van der Waals surface area contributed by atoms with Crippen LogP contribution in [0.15, 0.2) is 15.9 Å². The molecule has 0 aromatic carbocycles. The van der Waals surface area contributed by atoms with Crippen LogP contribution in [0.1, 0.15) is 17.7 Å². The van der Waals surface area contributed by atoms with Crippen molar-refractivity contribution in [3.63, 3.8) is 0 Å². The van der Waals surface area contributed by atoms with E-state index in [-0.39, 0.29) is 13.0 Å². The molecule has 6 heteroatoms. The molecule has 1 aliphatic heterocycles. The third-order valence-electron chi connectivity index (χ3n) is 2.97. The summed E-state index contributed by atoms with van der Waals surface area (Å²) in [4.78, 5) is 3.01. The van der Waals surface area contributed by atoms with Gasteiger partial charge in [0.25, 0.3) is 0 Å². The second-order valence-corrected chi connectivity index (χ2v) is 6.26. The van der Waals surface area contributed by atoms with E-state index in [0.717, 1.165) is 15.9 Å². The number of alkyl halides is 3. The number of hydrogen-bond acceptors (Lipinski definition) is 2. The normalized spacial score (nSPS) is 22.9. The van der Waals surface area contributed by atoms with Crippen LogP contribution in [0.25, 0.3) is 0 Å². The summed E-state index contributed by atoms with van der Waals surface area (Å²) >= 11 is 4.93. The molecule has 0 radical (unpaired) electrons. The van der Waals surface area contributed by atoms with Crippen molar-refractivity contribution in [2.75, 3.05) is 13.1 Å². The van der Waals surface area contributed by atoms with Gasteiger partial charge in [0.15, 0.2) is 0 Å². The highest BCUT2D eigenvalue weighted by atomic mass is 79.9. The Hall–Kier alpha value is -0.0700. The minimum absolute atomic E-state index is 0.138. The van der Waals surface area contributed by atoms with Crippen LogP contribution in [0, 0.1) is 5.92 Å². The Morgan fingerprint density at radius 2 is 2.24 bits per heavy atom. The summed E-state index contributed by atoms with van der Waals surface area (Å²) in [6.45, 7) is 1.53. The molecule has 0 amide bonds. The Morgan fingerprint density at radius 1 is 1.47 bits per heavy atom. The fourth-order valence-electron chi connectivity index (χ4n) is 2.12. The molecule has 2 rings (SSSR count). The largest absolute Gasteiger partial charge is 0.393 e. The molecule has 1 atom stereocenters. The van der Waals surface area contributed by atoms with Gasteiger partial charge >= 0.3 is 6.18 Å². The number of piperidine rings is 1. The highest BCUT2D eigenvalue weighted by molar-refractivity contribution is 9.10. The maximum absolute atomic E-state index is 12.6. The van der Waals surface area contributed by atoms with Gasteiger partial charge in [0, 0.05) is 27.8 Å². The Kier molecular flexibility index (Phi) is 4.15.